The number of rotatable bonds is 7. The number of pyridine rings is 1. The molecule has 5 heterocycles. The molecular weight excluding hydrogens is 653 g/mol. The zero-order valence-electron chi connectivity index (χ0n) is 29.8. The zero-order valence-corrected chi connectivity index (χ0v) is 30.6. The number of β-amino-alcohol motifs (C(OH)–C–C–N with tert-alkyl or cyclic N) is 1. The summed E-state index contributed by atoms with van der Waals surface area (Å²) in [5.74, 6) is 1.15. The summed E-state index contributed by atoms with van der Waals surface area (Å²) in [6.45, 7) is 15.5. The third-order valence-corrected chi connectivity index (χ3v) is 12.1. The molecule has 3 saturated heterocycles. The van der Waals surface area contributed by atoms with E-state index in [1.807, 2.05) is 33.0 Å². The van der Waals surface area contributed by atoms with Crippen LogP contribution >= 0.6 is 11.6 Å². The summed E-state index contributed by atoms with van der Waals surface area (Å²) >= 11 is 7.03. The molecule has 5 fully saturated rings. The van der Waals surface area contributed by atoms with E-state index in [2.05, 4.69) is 35.4 Å². The average molecular weight is 702 g/mol. The van der Waals surface area contributed by atoms with Crippen molar-refractivity contribution in [2.75, 3.05) is 50.9 Å². The minimum atomic E-state index is -1.06. The van der Waals surface area contributed by atoms with Gasteiger partial charge in [-0.15, -0.1) is 0 Å². The molecule has 1 N–H and O–H groups in total. The van der Waals surface area contributed by atoms with Crippen molar-refractivity contribution >= 4 is 23.5 Å². The number of anilines is 1. The van der Waals surface area contributed by atoms with Crippen molar-refractivity contribution in [2.24, 2.45) is 0 Å². The van der Waals surface area contributed by atoms with Crippen LogP contribution in [0.4, 0.5) is 10.2 Å². The Balaban J connectivity index is 0.00000177. The highest BCUT2D eigenvalue weighted by Gasteiger charge is 2.58. The predicted molar refractivity (Wildman–Crippen MR) is 196 cm³/mol. The summed E-state index contributed by atoms with van der Waals surface area (Å²) in [4.78, 5) is 19.9. The molecule has 3 aliphatic heterocycles. The molecule has 6 aliphatic rings. The normalized spacial score (nSPS) is 27.7. The molecular formula is C40H49ClFN5O3. The number of aliphatic hydroxyl groups is 1. The Labute approximate surface area is 300 Å². The van der Waals surface area contributed by atoms with Gasteiger partial charge in [0.25, 0.3) is 0 Å². The van der Waals surface area contributed by atoms with Crippen molar-refractivity contribution in [3.63, 3.8) is 0 Å². The number of benzene rings is 1. The Hall–Kier alpha value is -3.11. The van der Waals surface area contributed by atoms with Gasteiger partial charge in [-0.2, -0.15) is 9.97 Å². The smallest absolute Gasteiger partial charge is 0.318 e. The lowest BCUT2D eigenvalue weighted by Crippen LogP contribution is -2.44. The first-order valence-corrected chi connectivity index (χ1v) is 19.0. The van der Waals surface area contributed by atoms with Gasteiger partial charge in [-0.25, -0.2) is 4.39 Å². The first-order valence-electron chi connectivity index (χ1n) is 18.6. The minimum Gasteiger partial charge on any atom is -0.461 e. The molecule has 0 unspecified atom stereocenters. The van der Waals surface area contributed by atoms with Crippen LogP contribution in [-0.2, 0) is 10.2 Å². The molecule has 266 valence electrons. The molecule has 3 aromatic rings. The van der Waals surface area contributed by atoms with Gasteiger partial charge in [0.2, 0.25) is 0 Å². The number of ether oxygens (including phenoxy) is 2. The second kappa shape index (κ2) is 12.5. The van der Waals surface area contributed by atoms with E-state index in [0.29, 0.717) is 51.2 Å². The van der Waals surface area contributed by atoms with Gasteiger partial charge >= 0.3 is 6.01 Å². The average Bonchev–Trinajstić information content (AvgIpc) is 4.01. The Morgan fingerprint density at radius 1 is 1.18 bits per heavy atom. The van der Waals surface area contributed by atoms with Crippen LogP contribution in [0.3, 0.4) is 0 Å². The monoisotopic (exact) mass is 701 g/mol. The SMILES string of the molecule is C=Cc1c(C)cc(Cl)c(C2CC2)c1-c1nccc2c1C1(CC1)c1nc(OC[C@@]34CCCN3C[C@H](F)C4)nc(N3CCOC[C@@](C)(O)C3)c1-2.CC. The maximum Gasteiger partial charge on any atom is 0.318 e. The second-order valence-electron chi connectivity index (χ2n) is 15.4. The van der Waals surface area contributed by atoms with Crippen LogP contribution in [0.15, 0.2) is 24.9 Å². The molecule has 3 atom stereocenters. The molecule has 0 radical (unpaired) electrons. The van der Waals surface area contributed by atoms with Crippen LogP contribution in [-0.4, -0.2) is 88.3 Å². The summed E-state index contributed by atoms with van der Waals surface area (Å²) in [7, 11) is 0. The summed E-state index contributed by atoms with van der Waals surface area (Å²) in [5, 5.41) is 12.1. The fraction of sp³-hybridized carbons (Fsp3) is 0.575. The standard InChI is InChI=1S/C38H43ClFN5O3.C2H6/c1-4-25-22(2)16-27(39)28(23-6-7-23)29(25)32-31-26(8-12-41-32)30-33(38(31)10-11-38)42-35(43-34(30)44-14-15-47-20-36(3,46)19-44)48-21-37-9-5-13-45(37)18-24(40)17-37;1-2/h4,8,12,16,23-24,46H,1,5-7,9-11,13-15,17-21H2,2-3H3;1-2H3/t24-,36+,37+;/m1./s1. The Kier molecular flexibility index (Phi) is 8.52. The molecule has 10 heteroatoms. The third kappa shape index (κ3) is 5.46. The van der Waals surface area contributed by atoms with Crippen LogP contribution in [0, 0.1) is 6.92 Å². The van der Waals surface area contributed by atoms with Gasteiger partial charge in [0.05, 0.1) is 36.7 Å². The Morgan fingerprint density at radius 3 is 2.72 bits per heavy atom. The molecule has 0 bridgehead atoms. The largest absolute Gasteiger partial charge is 0.461 e. The number of alkyl halides is 1. The van der Waals surface area contributed by atoms with Crippen molar-refractivity contribution in [2.45, 2.75) is 101 Å². The zero-order chi connectivity index (χ0) is 35.0. The molecule has 8 nitrogen and oxygen atoms in total. The first kappa shape index (κ1) is 34.0. The second-order valence-corrected chi connectivity index (χ2v) is 15.8. The summed E-state index contributed by atoms with van der Waals surface area (Å²) in [6.07, 6.45) is 9.55. The Bertz CT molecular complexity index is 1840. The number of halogens is 2. The van der Waals surface area contributed by atoms with Crippen molar-refractivity contribution in [3.8, 4) is 28.4 Å². The van der Waals surface area contributed by atoms with Gasteiger partial charge in [-0.3, -0.25) is 9.88 Å². The summed E-state index contributed by atoms with van der Waals surface area (Å²) < 4.78 is 27.0. The van der Waals surface area contributed by atoms with E-state index in [9.17, 15) is 9.50 Å². The fourth-order valence-electron chi connectivity index (χ4n) is 9.32. The fourth-order valence-corrected chi connectivity index (χ4v) is 9.73. The van der Waals surface area contributed by atoms with E-state index >= 15 is 0 Å². The number of hydrogen-bond donors (Lipinski definition) is 1. The summed E-state index contributed by atoms with van der Waals surface area (Å²) in [5.41, 5.74) is 7.85. The van der Waals surface area contributed by atoms with Gasteiger partial charge in [-0.1, -0.05) is 38.1 Å². The lowest BCUT2D eigenvalue weighted by molar-refractivity contribution is -0.0123. The number of fused-ring (bicyclic) bond motifs is 6. The van der Waals surface area contributed by atoms with Gasteiger partial charge in [0.15, 0.2) is 0 Å². The molecule has 1 spiro atoms. The number of hydrogen-bond acceptors (Lipinski definition) is 8. The topological polar surface area (TPSA) is 83.8 Å². The molecule has 0 amide bonds. The highest BCUT2D eigenvalue weighted by Crippen LogP contribution is 2.66. The van der Waals surface area contributed by atoms with Gasteiger partial charge in [-0.05, 0) is 105 Å². The number of aryl methyl sites for hydroxylation is 1. The van der Waals surface area contributed by atoms with E-state index in [1.165, 1.54) is 11.1 Å². The van der Waals surface area contributed by atoms with Crippen LogP contribution in [0.5, 0.6) is 6.01 Å². The third-order valence-electron chi connectivity index (χ3n) is 11.7. The van der Waals surface area contributed by atoms with Crippen molar-refractivity contribution in [3.05, 3.63) is 57.9 Å². The molecule has 1 aromatic carbocycles. The van der Waals surface area contributed by atoms with E-state index in [-0.39, 0.29) is 17.6 Å². The summed E-state index contributed by atoms with van der Waals surface area (Å²) in [6, 6.07) is 4.48. The van der Waals surface area contributed by atoms with Crippen LogP contribution in [0.2, 0.25) is 5.02 Å². The maximum absolute atomic E-state index is 14.6. The molecule has 9 rings (SSSR count). The molecule has 2 saturated carbocycles. The first-order chi connectivity index (χ1) is 24.1. The van der Waals surface area contributed by atoms with Gasteiger partial charge < -0.3 is 19.5 Å². The highest BCUT2D eigenvalue weighted by atomic mass is 35.5. The van der Waals surface area contributed by atoms with E-state index < -0.39 is 11.8 Å². The van der Waals surface area contributed by atoms with E-state index in [1.54, 1.807) is 0 Å². The van der Waals surface area contributed by atoms with E-state index in [0.717, 1.165) is 95.1 Å². The van der Waals surface area contributed by atoms with Crippen LogP contribution in [0.1, 0.15) is 99.6 Å². The lowest BCUT2D eigenvalue weighted by Gasteiger charge is -2.32. The minimum absolute atomic E-state index is 0.250. The molecule has 2 aromatic heterocycles. The van der Waals surface area contributed by atoms with Gasteiger partial charge in [0, 0.05) is 47.3 Å². The molecule has 3 aliphatic carbocycles. The predicted octanol–water partition coefficient (Wildman–Crippen LogP) is 7.65. The number of nitrogens with zero attached hydrogens (tertiary/aromatic N) is 5. The molecule has 50 heavy (non-hydrogen) atoms. The quantitative estimate of drug-likeness (QED) is 0.269. The lowest BCUT2D eigenvalue weighted by atomic mass is 9.85. The van der Waals surface area contributed by atoms with Crippen molar-refractivity contribution in [1.29, 1.82) is 0 Å². The number of aromatic nitrogens is 3. The highest BCUT2D eigenvalue weighted by molar-refractivity contribution is 6.32. The van der Waals surface area contributed by atoms with Crippen molar-refractivity contribution < 1.29 is 19.0 Å². The van der Waals surface area contributed by atoms with Crippen LogP contribution < -0.4 is 9.64 Å². The van der Waals surface area contributed by atoms with Crippen molar-refractivity contribution in [1.82, 2.24) is 19.9 Å². The van der Waals surface area contributed by atoms with E-state index in [4.69, 9.17) is 36.0 Å². The maximum atomic E-state index is 14.6. The van der Waals surface area contributed by atoms with Gasteiger partial charge in [0.1, 0.15) is 24.2 Å². The van der Waals surface area contributed by atoms with Crippen LogP contribution in [0.25, 0.3) is 28.5 Å². The Morgan fingerprint density at radius 2 is 1.98 bits per heavy atom.